The summed E-state index contributed by atoms with van der Waals surface area (Å²) >= 11 is 1.80. The fraction of sp³-hybridized carbons (Fsp3) is 0.483. The Morgan fingerprint density at radius 3 is 2.62 bits per heavy atom. The van der Waals surface area contributed by atoms with Crippen LogP contribution >= 0.6 is 11.3 Å². The lowest BCUT2D eigenvalue weighted by Gasteiger charge is -2.40. The molecule has 3 aromatic rings. The second-order valence-electron chi connectivity index (χ2n) is 10.3. The summed E-state index contributed by atoms with van der Waals surface area (Å²) in [5.74, 6) is 0.253. The molecule has 5 rings (SSSR count). The maximum Gasteiger partial charge on any atom is 0.226 e. The van der Waals surface area contributed by atoms with Gasteiger partial charge in [0.05, 0.1) is 11.5 Å². The van der Waals surface area contributed by atoms with Gasteiger partial charge in [-0.25, -0.2) is 0 Å². The third kappa shape index (κ3) is 4.93. The first kappa shape index (κ1) is 23.5. The van der Waals surface area contributed by atoms with Crippen LogP contribution in [0.25, 0.3) is 21.2 Å². The Morgan fingerprint density at radius 2 is 1.85 bits per heavy atom. The minimum absolute atomic E-state index is 0.253. The molecule has 0 spiro atoms. The SMILES string of the molecule is COC1CCC(Cc2cccc(-c3csc4ccccc34)c2)(C(=O)NC2CCN(C)CC2)CC1. The highest BCUT2D eigenvalue weighted by Gasteiger charge is 2.42. The van der Waals surface area contributed by atoms with E-state index in [9.17, 15) is 4.79 Å². The number of ether oxygens (including phenoxy) is 1. The van der Waals surface area contributed by atoms with Crippen molar-refractivity contribution < 1.29 is 9.53 Å². The zero-order chi connectivity index (χ0) is 23.5. The van der Waals surface area contributed by atoms with Gasteiger partial charge in [0.2, 0.25) is 5.91 Å². The summed E-state index contributed by atoms with van der Waals surface area (Å²) in [4.78, 5) is 16.1. The summed E-state index contributed by atoms with van der Waals surface area (Å²) < 4.78 is 6.96. The Kier molecular flexibility index (Phi) is 7.05. The number of likely N-dealkylation sites (tertiary alicyclic amines) is 1. The molecule has 0 unspecified atom stereocenters. The number of nitrogens with zero attached hydrogens (tertiary/aromatic N) is 1. The van der Waals surface area contributed by atoms with Gasteiger partial charge in [-0.05, 0) is 87.7 Å². The lowest BCUT2D eigenvalue weighted by atomic mass is 9.68. The molecule has 2 heterocycles. The number of carbonyl (C=O) groups excluding carboxylic acids is 1. The minimum atomic E-state index is -0.353. The topological polar surface area (TPSA) is 41.6 Å². The normalized spacial score (nSPS) is 24.4. The molecule has 1 amide bonds. The molecule has 180 valence electrons. The highest BCUT2D eigenvalue weighted by molar-refractivity contribution is 7.17. The molecule has 1 aliphatic heterocycles. The molecule has 4 nitrogen and oxygen atoms in total. The quantitative estimate of drug-likeness (QED) is 0.482. The van der Waals surface area contributed by atoms with Crippen LogP contribution < -0.4 is 5.32 Å². The fourth-order valence-electron chi connectivity index (χ4n) is 5.80. The summed E-state index contributed by atoms with van der Waals surface area (Å²) in [6.45, 7) is 2.11. The number of benzene rings is 2. The van der Waals surface area contributed by atoms with Gasteiger partial charge in [0.15, 0.2) is 0 Å². The number of hydrogen-bond donors (Lipinski definition) is 1. The highest BCUT2D eigenvalue weighted by Crippen LogP contribution is 2.42. The van der Waals surface area contributed by atoms with Gasteiger partial charge < -0.3 is 15.0 Å². The molecular formula is C29H36N2O2S. The van der Waals surface area contributed by atoms with E-state index in [0.717, 1.165) is 58.0 Å². The van der Waals surface area contributed by atoms with Gasteiger partial charge in [0, 0.05) is 28.8 Å². The Labute approximate surface area is 207 Å². The fourth-order valence-corrected chi connectivity index (χ4v) is 6.77. The molecule has 1 saturated carbocycles. The number of hydrogen-bond acceptors (Lipinski definition) is 4. The molecule has 1 saturated heterocycles. The predicted octanol–water partition coefficient (Wildman–Crippen LogP) is 5.90. The van der Waals surface area contributed by atoms with E-state index in [0.29, 0.717) is 6.04 Å². The summed E-state index contributed by atoms with van der Waals surface area (Å²) in [6.07, 6.45) is 6.81. The Morgan fingerprint density at radius 1 is 1.09 bits per heavy atom. The first-order chi connectivity index (χ1) is 16.6. The van der Waals surface area contributed by atoms with E-state index in [2.05, 4.69) is 71.2 Å². The number of carbonyl (C=O) groups is 1. The average Bonchev–Trinajstić information content (AvgIpc) is 3.30. The van der Waals surface area contributed by atoms with Crippen LogP contribution in [-0.2, 0) is 16.0 Å². The zero-order valence-corrected chi connectivity index (χ0v) is 21.2. The van der Waals surface area contributed by atoms with Crippen LogP contribution in [0.1, 0.15) is 44.1 Å². The summed E-state index contributed by atoms with van der Waals surface area (Å²) in [7, 11) is 3.96. The Bertz CT molecular complexity index is 1120. The third-order valence-corrected chi connectivity index (χ3v) is 8.98. The molecule has 0 atom stereocenters. The van der Waals surface area contributed by atoms with E-state index >= 15 is 0 Å². The zero-order valence-electron chi connectivity index (χ0n) is 20.4. The second-order valence-corrected chi connectivity index (χ2v) is 11.2. The van der Waals surface area contributed by atoms with Gasteiger partial charge in [-0.15, -0.1) is 11.3 Å². The number of rotatable bonds is 6. The molecule has 1 aromatic heterocycles. The Hall–Kier alpha value is -2.21. The highest BCUT2D eigenvalue weighted by atomic mass is 32.1. The lowest BCUT2D eigenvalue weighted by Crippen LogP contribution is -2.51. The predicted molar refractivity (Wildman–Crippen MR) is 141 cm³/mol. The number of amides is 1. The first-order valence-corrected chi connectivity index (χ1v) is 13.5. The van der Waals surface area contributed by atoms with Gasteiger partial charge in [-0.3, -0.25) is 4.79 Å². The summed E-state index contributed by atoms with van der Waals surface area (Å²) in [5, 5.41) is 7.03. The van der Waals surface area contributed by atoms with Crippen LogP contribution in [0, 0.1) is 5.41 Å². The monoisotopic (exact) mass is 476 g/mol. The second kappa shape index (κ2) is 10.2. The maximum absolute atomic E-state index is 13.8. The van der Waals surface area contributed by atoms with Crippen LogP contribution in [-0.4, -0.2) is 50.2 Å². The molecule has 1 aliphatic carbocycles. The Balaban J connectivity index is 1.39. The molecule has 0 bridgehead atoms. The molecule has 5 heteroatoms. The molecule has 2 fully saturated rings. The number of piperidine rings is 1. The van der Waals surface area contributed by atoms with E-state index in [1.807, 2.05) is 0 Å². The van der Waals surface area contributed by atoms with E-state index < -0.39 is 0 Å². The van der Waals surface area contributed by atoms with Crippen molar-refractivity contribution in [2.24, 2.45) is 5.41 Å². The first-order valence-electron chi connectivity index (χ1n) is 12.6. The van der Waals surface area contributed by atoms with Crippen LogP contribution in [0.15, 0.2) is 53.9 Å². The van der Waals surface area contributed by atoms with E-state index in [-0.39, 0.29) is 17.4 Å². The van der Waals surface area contributed by atoms with Gasteiger partial charge >= 0.3 is 0 Å². The van der Waals surface area contributed by atoms with Crippen molar-refractivity contribution in [2.45, 2.75) is 57.1 Å². The maximum atomic E-state index is 13.8. The van der Waals surface area contributed by atoms with Crippen molar-refractivity contribution in [3.8, 4) is 11.1 Å². The van der Waals surface area contributed by atoms with Crippen LogP contribution in [0.2, 0.25) is 0 Å². The van der Waals surface area contributed by atoms with Crippen LogP contribution in [0.5, 0.6) is 0 Å². The van der Waals surface area contributed by atoms with Crippen molar-refractivity contribution in [1.82, 2.24) is 10.2 Å². The number of nitrogens with one attached hydrogen (secondary N) is 1. The summed E-state index contributed by atoms with van der Waals surface area (Å²) in [6, 6.07) is 17.8. The molecule has 34 heavy (non-hydrogen) atoms. The van der Waals surface area contributed by atoms with Crippen LogP contribution in [0.3, 0.4) is 0 Å². The molecular weight excluding hydrogens is 440 g/mol. The van der Waals surface area contributed by atoms with Gasteiger partial charge in [0.1, 0.15) is 0 Å². The standard InChI is InChI=1S/C29H36N2O2S/c1-31-16-12-23(13-17-31)30-28(32)29(14-10-24(33-2)11-15-29)19-21-6-5-7-22(18-21)26-20-34-27-9-4-3-8-25(26)27/h3-9,18,20,23-24H,10-17,19H2,1-2H3,(H,30,32). The van der Waals surface area contributed by atoms with E-state index in [1.165, 1.54) is 26.8 Å². The van der Waals surface area contributed by atoms with Crippen LogP contribution in [0.4, 0.5) is 0 Å². The molecule has 2 aromatic carbocycles. The molecule has 0 radical (unpaired) electrons. The third-order valence-electron chi connectivity index (χ3n) is 8.02. The molecule has 2 aliphatic rings. The summed E-state index contributed by atoms with van der Waals surface area (Å²) in [5.41, 5.74) is 3.43. The smallest absolute Gasteiger partial charge is 0.226 e. The van der Waals surface area contributed by atoms with Crippen molar-refractivity contribution in [3.63, 3.8) is 0 Å². The van der Waals surface area contributed by atoms with Gasteiger partial charge in [-0.1, -0.05) is 42.5 Å². The average molecular weight is 477 g/mol. The largest absolute Gasteiger partial charge is 0.381 e. The van der Waals surface area contributed by atoms with Crippen molar-refractivity contribution >= 4 is 27.3 Å². The number of methoxy groups -OCH3 is 1. The van der Waals surface area contributed by atoms with Crippen molar-refractivity contribution in [2.75, 3.05) is 27.2 Å². The van der Waals surface area contributed by atoms with Crippen molar-refractivity contribution in [1.29, 1.82) is 0 Å². The number of fused-ring (bicyclic) bond motifs is 1. The van der Waals surface area contributed by atoms with E-state index in [1.54, 1.807) is 18.4 Å². The number of thiophene rings is 1. The van der Waals surface area contributed by atoms with Gasteiger partial charge in [0.25, 0.3) is 0 Å². The van der Waals surface area contributed by atoms with Gasteiger partial charge in [-0.2, -0.15) is 0 Å². The minimum Gasteiger partial charge on any atom is -0.381 e. The van der Waals surface area contributed by atoms with E-state index in [4.69, 9.17) is 4.74 Å². The van der Waals surface area contributed by atoms with Crippen molar-refractivity contribution in [3.05, 3.63) is 59.5 Å². The lowest BCUT2D eigenvalue weighted by molar-refractivity contribution is -0.135. The molecule has 1 N–H and O–H groups in total.